The Morgan fingerprint density at radius 3 is 3.00 bits per heavy atom. The molecule has 13 heavy (non-hydrogen) atoms. The van der Waals surface area contributed by atoms with Crippen molar-refractivity contribution in [2.24, 2.45) is 4.99 Å². The van der Waals surface area contributed by atoms with Crippen LogP contribution < -0.4 is 5.32 Å². The fraction of sp³-hybridized carbons (Fsp3) is 0.778. The first-order chi connectivity index (χ1) is 6.20. The lowest BCUT2D eigenvalue weighted by molar-refractivity contribution is -0.121. The lowest BCUT2D eigenvalue weighted by atomic mass is 10.1. The minimum Gasteiger partial charge on any atom is -0.369 e. The number of nitrogens with zero attached hydrogens (tertiary/aromatic N) is 2. The van der Waals surface area contributed by atoms with Crippen LogP contribution in [0.4, 0.5) is 0 Å². The van der Waals surface area contributed by atoms with Gasteiger partial charge >= 0.3 is 0 Å². The molecule has 74 valence electrons. The summed E-state index contributed by atoms with van der Waals surface area (Å²) in [5, 5.41) is 2.85. The highest BCUT2D eigenvalue weighted by atomic mass is 16.2. The van der Waals surface area contributed by atoms with Gasteiger partial charge in [0.05, 0.1) is 6.34 Å². The van der Waals surface area contributed by atoms with Gasteiger partial charge in [0.1, 0.15) is 6.04 Å². The Balaban J connectivity index is 2.50. The fourth-order valence-electron chi connectivity index (χ4n) is 1.28. The van der Waals surface area contributed by atoms with Gasteiger partial charge in [-0.05, 0) is 19.3 Å². The molecule has 4 heteroatoms. The van der Waals surface area contributed by atoms with E-state index >= 15 is 0 Å². The van der Waals surface area contributed by atoms with Crippen molar-refractivity contribution in [1.82, 2.24) is 10.2 Å². The molecule has 1 aliphatic rings. The van der Waals surface area contributed by atoms with Crippen LogP contribution in [0.15, 0.2) is 4.99 Å². The van der Waals surface area contributed by atoms with Crippen LogP contribution in [0.5, 0.6) is 0 Å². The zero-order valence-corrected chi connectivity index (χ0v) is 8.29. The maximum Gasteiger partial charge on any atom is 0.244 e. The van der Waals surface area contributed by atoms with Crippen LogP contribution in [0.3, 0.4) is 0 Å². The molecule has 0 aliphatic carbocycles. The summed E-state index contributed by atoms with van der Waals surface area (Å²) in [6.45, 7) is 0.798. The Kier molecular flexibility index (Phi) is 3.73. The smallest absolute Gasteiger partial charge is 0.244 e. The van der Waals surface area contributed by atoms with E-state index in [9.17, 15) is 4.79 Å². The molecule has 1 atom stereocenters. The summed E-state index contributed by atoms with van der Waals surface area (Å²) in [4.78, 5) is 17.4. The minimum atomic E-state index is -0.176. The van der Waals surface area contributed by atoms with Crippen LogP contribution in [-0.4, -0.2) is 43.8 Å². The van der Waals surface area contributed by atoms with Crippen molar-refractivity contribution < 1.29 is 4.79 Å². The molecular weight excluding hydrogens is 166 g/mol. The van der Waals surface area contributed by atoms with Crippen molar-refractivity contribution in [2.45, 2.75) is 25.3 Å². The molecule has 1 unspecified atom stereocenters. The number of aliphatic imine (C=N–C) groups is 1. The topological polar surface area (TPSA) is 44.7 Å². The number of nitrogens with one attached hydrogen (secondary N) is 1. The SMILES string of the molecule is CN(C)C=NC1CCCCNC1=O. The molecule has 0 aromatic heterocycles. The lowest BCUT2D eigenvalue weighted by Crippen LogP contribution is -2.32. The van der Waals surface area contributed by atoms with Crippen molar-refractivity contribution in [3.63, 3.8) is 0 Å². The predicted octanol–water partition coefficient (Wildman–Crippen LogP) is 0.245. The summed E-state index contributed by atoms with van der Waals surface area (Å²) >= 11 is 0. The Labute approximate surface area is 79.0 Å². The van der Waals surface area contributed by atoms with Crippen molar-refractivity contribution in [2.75, 3.05) is 20.6 Å². The van der Waals surface area contributed by atoms with Gasteiger partial charge in [-0.3, -0.25) is 9.79 Å². The van der Waals surface area contributed by atoms with Gasteiger partial charge < -0.3 is 10.2 Å². The number of amides is 1. The second-order valence-corrected chi connectivity index (χ2v) is 3.53. The number of hydrogen-bond acceptors (Lipinski definition) is 2. The van der Waals surface area contributed by atoms with Gasteiger partial charge in [0.25, 0.3) is 0 Å². The van der Waals surface area contributed by atoms with Gasteiger partial charge in [-0.25, -0.2) is 0 Å². The van der Waals surface area contributed by atoms with Gasteiger partial charge in [0.15, 0.2) is 0 Å². The Hall–Kier alpha value is -1.06. The van der Waals surface area contributed by atoms with Crippen molar-refractivity contribution in [3.8, 4) is 0 Å². The van der Waals surface area contributed by atoms with Gasteiger partial charge in [-0.1, -0.05) is 0 Å². The third-order valence-electron chi connectivity index (χ3n) is 1.98. The molecule has 1 N–H and O–H groups in total. The predicted molar refractivity (Wildman–Crippen MR) is 52.8 cm³/mol. The van der Waals surface area contributed by atoms with Crippen LogP contribution in [0.25, 0.3) is 0 Å². The molecule has 1 saturated heterocycles. The molecule has 1 amide bonds. The number of hydrogen-bond donors (Lipinski definition) is 1. The van der Waals surface area contributed by atoms with Crippen LogP contribution >= 0.6 is 0 Å². The molecule has 0 aromatic rings. The first kappa shape index (κ1) is 10.0. The summed E-state index contributed by atoms with van der Waals surface area (Å²) in [6, 6.07) is -0.176. The zero-order chi connectivity index (χ0) is 9.68. The van der Waals surface area contributed by atoms with E-state index in [-0.39, 0.29) is 11.9 Å². The van der Waals surface area contributed by atoms with E-state index in [0.29, 0.717) is 0 Å². The molecule has 4 nitrogen and oxygen atoms in total. The van der Waals surface area contributed by atoms with Gasteiger partial charge in [0, 0.05) is 20.6 Å². The third kappa shape index (κ3) is 3.44. The van der Waals surface area contributed by atoms with E-state index in [4.69, 9.17) is 0 Å². The highest BCUT2D eigenvalue weighted by molar-refractivity contribution is 5.83. The first-order valence-corrected chi connectivity index (χ1v) is 4.67. The largest absolute Gasteiger partial charge is 0.369 e. The molecular formula is C9H17N3O. The molecule has 1 fully saturated rings. The van der Waals surface area contributed by atoms with Crippen molar-refractivity contribution >= 4 is 12.2 Å². The van der Waals surface area contributed by atoms with Gasteiger partial charge in [-0.2, -0.15) is 0 Å². The molecule has 0 radical (unpaired) electrons. The highest BCUT2D eigenvalue weighted by Gasteiger charge is 2.18. The van der Waals surface area contributed by atoms with Crippen LogP contribution in [0, 0.1) is 0 Å². The maximum atomic E-state index is 11.4. The zero-order valence-electron chi connectivity index (χ0n) is 8.29. The molecule has 0 bridgehead atoms. The van der Waals surface area contributed by atoms with E-state index in [1.165, 1.54) is 0 Å². The first-order valence-electron chi connectivity index (χ1n) is 4.67. The maximum absolute atomic E-state index is 11.4. The van der Waals surface area contributed by atoms with E-state index in [1.807, 2.05) is 19.0 Å². The second-order valence-electron chi connectivity index (χ2n) is 3.53. The monoisotopic (exact) mass is 183 g/mol. The average Bonchev–Trinajstić information content (AvgIpc) is 2.27. The quantitative estimate of drug-likeness (QED) is 0.492. The molecule has 1 heterocycles. The minimum absolute atomic E-state index is 0.0654. The van der Waals surface area contributed by atoms with Gasteiger partial charge in [0.2, 0.25) is 5.91 Å². The van der Waals surface area contributed by atoms with Crippen LogP contribution in [-0.2, 0) is 4.79 Å². The summed E-state index contributed by atoms with van der Waals surface area (Å²) in [7, 11) is 3.80. The van der Waals surface area contributed by atoms with Crippen LogP contribution in [0.2, 0.25) is 0 Å². The number of rotatable bonds is 2. The Morgan fingerprint density at radius 1 is 1.54 bits per heavy atom. The van der Waals surface area contributed by atoms with Gasteiger partial charge in [-0.15, -0.1) is 0 Å². The fourth-order valence-corrected chi connectivity index (χ4v) is 1.28. The summed E-state index contributed by atoms with van der Waals surface area (Å²) in [5.41, 5.74) is 0. The molecule has 0 aromatic carbocycles. The third-order valence-corrected chi connectivity index (χ3v) is 1.98. The van der Waals surface area contributed by atoms with Crippen molar-refractivity contribution in [3.05, 3.63) is 0 Å². The standard InChI is InChI=1S/C9H17N3O/c1-12(2)7-11-8-5-3-4-6-10-9(8)13/h7-8H,3-6H2,1-2H3,(H,10,13). The number of carbonyl (C=O) groups excluding carboxylic acids is 1. The molecule has 0 spiro atoms. The average molecular weight is 183 g/mol. The summed E-state index contributed by atoms with van der Waals surface area (Å²) in [6.07, 6.45) is 4.72. The Bertz CT molecular complexity index is 201. The van der Waals surface area contributed by atoms with E-state index in [1.54, 1.807) is 6.34 Å². The van der Waals surface area contributed by atoms with E-state index in [2.05, 4.69) is 10.3 Å². The van der Waals surface area contributed by atoms with E-state index < -0.39 is 0 Å². The lowest BCUT2D eigenvalue weighted by Gasteiger charge is -2.09. The molecule has 1 rings (SSSR count). The summed E-state index contributed by atoms with van der Waals surface area (Å²) in [5.74, 6) is 0.0654. The number of carbonyl (C=O) groups is 1. The molecule has 0 saturated carbocycles. The van der Waals surface area contributed by atoms with Crippen molar-refractivity contribution in [1.29, 1.82) is 0 Å². The summed E-state index contributed by atoms with van der Waals surface area (Å²) < 4.78 is 0. The second kappa shape index (κ2) is 4.84. The highest BCUT2D eigenvalue weighted by Crippen LogP contribution is 2.08. The normalized spacial score (nSPS) is 24.2. The molecule has 1 aliphatic heterocycles. The van der Waals surface area contributed by atoms with E-state index in [0.717, 1.165) is 25.8 Å². The van der Waals surface area contributed by atoms with Crippen LogP contribution in [0.1, 0.15) is 19.3 Å². The Morgan fingerprint density at radius 2 is 2.31 bits per heavy atom.